The van der Waals surface area contributed by atoms with Gasteiger partial charge in [-0.05, 0) is 30.2 Å². The number of benzene rings is 2. The Morgan fingerprint density at radius 3 is 2.63 bits per heavy atom. The van der Waals surface area contributed by atoms with Gasteiger partial charge in [0.2, 0.25) is 0 Å². The summed E-state index contributed by atoms with van der Waals surface area (Å²) in [7, 11) is 0. The smallest absolute Gasteiger partial charge is 0.182 e. The molecule has 0 radical (unpaired) electrons. The average Bonchev–Trinajstić information content (AvgIpc) is 2.83. The Hall–Kier alpha value is -1.61. The number of nitrogens with zero attached hydrogens (tertiary/aromatic N) is 1. The third-order valence-corrected chi connectivity index (χ3v) is 4.01. The molecular weight excluding hydrogens is 302 g/mol. The van der Waals surface area contributed by atoms with E-state index in [9.17, 15) is 4.79 Å². The number of halogens is 1. The number of rotatable bonds is 3. The van der Waals surface area contributed by atoms with E-state index < -0.39 is 0 Å². The van der Waals surface area contributed by atoms with Crippen LogP contribution in [0.5, 0.6) is 0 Å². The zero-order chi connectivity index (χ0) is 13.2. The topological polar surface area (TPSA) is 20.3 Å². The molecule has 0 fully saturated rings. The molecule has 0 spiro atoms. The molecule has 2 aromatic rings. The van der Waals surface area contributed by atoms with E-state index in [4.69, 9.17) is 0 Å². The van der Waals surface area contributed by atoms with E-state index >= 15 is 0 Å². The molecule has 2 aromatic carbocycles. The molecule has 0 N–H and O–H groups in total. The van der Waals surface area contributed by atoms with Crippen molar-refractivity contribution >= 4 is 27.4 Å². The van der Waals surface area contributed by atoms with Crippen molar-refractivity contribution in [3.8, 4) is 0 Å². The van der Waals surface area contributed by atoms with Crippen LogP contribution in [0, 0.1) is 0 Å². The summed E-state index contributed by atoms with van der Waals surface area (Å²) in [4.78, 5) is 14.4. The van der Waals surface area contributed by atoms with Gasteiger partial charge in [0.05, 0.1) is 6.54 Å². The molecule has 0 unspecified atom stereocenters. The van der Waals surface area contributed by atoms with Gasteiger partial charge in [0.1, 0.15) is 0 Å². The van der Waals surface area contributed by atoms with Gasteiger partial charge in [-0.15, -0.1) is 0 Å². The minimum Gasteiger partial charge on any atom is -0.363 e. The lowest BCUT2D eigenvalue weighted by Crippen LogP contribution is -2.27. The fourth-order valence-corrected chi connectivity index (χ4v) is 2.74. The van der Waals surface area contributed by atoms with Crippen LogP contribution < -0.4 is 4.90 Å². The lowest BCUT2D eigenvalue weighted by atomic mass is 10.1. The van der Waals surface area contributed by atoms with Gasteiger partial charge >= 0.3 is 0 Å². The monoisotopic (exact) mass is 315 g/mol. The van der Waals surface area contributed by atoms with Crippen molar-refractivity contribution in [2.45, 2.75) is 6.42 Å². The van der Waals surface area contributed by atoms with Gasteiger partial charge in [0, 0.05) is 22.3 Å². The molecule has 1 aliphatic heterocycles. The third kappa shape index (κ3) is 2.56. The largest absolute Gasteiger partial charge is 0.363 e. The van der Waals surface area contributed by atoms with Gasteiger partial charge in [0.25, 0.3) is 0 Å². The Labute approximate surface area is 121 Å². The molecule has 0 bridgehead atoms. The molecule has 0 aliphatic carbocycles. The number of fused-ring (bicyclic) bond motifs is 1. The predicted molar refractivity (Wildman–Crippen MR) is 80.8 cm³/mol. The van der Waals surface area contributed by atoms with Crippen molar-refractivity contribution in [2.75, 3.05) is 18.0 Å². The first kappa shape index (κ1) is 12.4. The molecule has 0 saturated heterocycles. The number of ketones is 1. The van der Waals surface area contributed by atoms with Crippen LogP contribution in [0.15, 0.2) is 53.0 Å². The fourth-order valence-electron chi connectivity index (χ4n) is 2.47. The van der Waals surface area contributed by atoms with Crippen molar-refractivity contribution in [1.29, 1.82) is 0 Å². The van der Waals surface area contributed by atoms with Gasteiger partial charge in [-0.3, -0.25) is 4.79 Å². The SMILES string of the molecule is O=C(CN1CCc2ccccc21)c1ccc(Br)cc1. The molecule has 0 amide bonds. The maximum atomic E-state index is 12.3. The van der Waals surface area contributed by atoms with E-state index in [-0.39, 0.29) is 5.78 Å². The van der Waals surface area contributed by atoms with Crippen LogP contribution in [0.4, 0.5) is 5.69 Å². The number of hydrogen-bond donors (Lipinski definition) is 0. The van der Waals surface area contributed by atoms with Crippen molar-refractivity contribution < 1.29 is 4.79 Å². The minimum atomic E-state index is 0.171. The summed E-state index contributed by atoms with van der Waals surface area (Å²) in [5, 5.41) is 0. The number of carbonyl (C=O) groups excluding carboxylic acids is 1. The van der Waals surface area contributed by atoms with Gasteiger partial charge in [-0.25, -0.2) is 0 Å². The summed E-state index contributed by atoms with van der Waals surface area (Å²) >= 11 is 3.38. The van der Waals surface area contributed by atoms with Crippen molar-refractivity contribution in [1.82, 2.24) is 0 Å². The van der Waals surface area contributed by atoms with Crippen LogP contribution in [0.3, 0.4) is 0 Å². The Morgan fingerprint density at radius 1 is 1.11 bits per heavy atom. The maximum absolute atomic E-state index is 12.3. The Bertz CT molecular complexity index is 606. The second kappa shape index (κ2) is 5.17. The second-order valence-electron chi connectivity index (χ2n) is 4.73. The Balaban J connectivity index is 1.76. The first-order chi connectivity index (χ1) is 9.24. The van der Waals surface area contributed by atoms with Gasteiger partial charge < -0.3 is 4.90 Å². The van der Waals surface area contributed by atoms with E-state index in [2.05, 4.69) is 39.0 Å². The van der Waals surface area contributed by atoms with E-state index in [1.54, 1.807) is 0 Å². The van der Waals surface area contributed by atoms with E-state index in [1.807, 2.05) is 30.3 Å². The second-order valence-corrected chi connectivity index (χ2v) is 5.65. The van der Waals surface area contributed by atoms with Crippen LogP contribution in [-0.4, -0.2) is 18.9 Å². The van der Waals surface area contributed by atoms with Crippen LogP contribution in [0.2, 0.25) is 0 Å². The van der Waals surface area contributed by atoms with Crippen molar-refractivity contribution in [3.05, 3.63) is 64.1 Å². The molecule has 96 valence electrons. The first-order valence-corrected chi connectivity index (χ1v) is 7.15. The average molecular weight is 316 g/mol. The summed E-state index contributed by atoms with van der Waals surface area (Å²) in [6.07, 6.45) is 1.03. The summed E-state index contributed by atoms with van der Waals surface area (Å²) < 4.78 is 0.996. The minimum absolute atomic E-state index is 0.171. The molecular formula is C16H14BrNO. The Morgan fingerprint density at radius 2 is 1.84 bits per heavy atom. The summed E-state index contributed by atoms with van der Waals surface area (Å²) in [5.74, 6) is 0.171. The quantitative estimate of drug-likeness (QED) is 0.805. The highest BCUT2D eigenvalue weighted by Gasteiger charge is 2.20. The summed E-state index contributed by atoms with van der Waals surface area (Å²) in [6, 6.07) is 15.9. The van der Waals surface area contributed by atoms with Crippen LogP contribution >= 0.6 is 15.9 Å². The normalized spacial score (nSPS) is 13.4. The van der Waals surface area contributed by atoms with Crippen LogP contribution in [0.25, 0.3) is 0 Å². The number of para-hydroxylation sites is 1. The van der Waals surface area contributed by atoms with E-state index in [0.717, 1.165) is 23.0 Å². The summed E-state index contributed by atoms with van der Waals surface area (Å²) in [6.45, 7) is 1.39. The highest BCUT2D eigenvalue weighted by atomic mass is 79.9. The summed E-state index contributed by atoms with van der Waals surface area (Å²) in [5.41, 5.74) is 3.31. The fraction of sp³-hybridized carbons (Fsp3) is 0.188. The number of Topliss-reactive ketones (excluding diaryl/α,β-unsaturated/α-hetero) is 1. The molecule has 19 heavy (non-hydrogen) atoms. The Kier molecular flexibility index (Phi) is 3.38. The highest BCUT2D eigenvalue weighted by Crippen LogP contribution is 2.27. The molecule has 1 heterocycles. The molecule has 0 saturated carbocycles. The highest BCUT2D eigenvalue weighted by molar-refractivity contribution is 9.10. The van der Waals surface area contributed by atoms with Crippen molar-refractivity contribution in [3.63, 3.8) is 0 Å². The van der Waals surface area contributed by atoms with Crippen LogP contribution in [-0.2, 0) is 6.42 Å². The number of carbonyl (C=O) groups is 1. The molecule has 3 heteroatoms. The molecule has 3 rings (SSSR count). The maximum Gasteiger partial charge on any atom is 0.182 e. The first-order valence-electron chi connectivity index (χ1n) is 6.35. The zero-order valence-electron chi connectivity index (χ0n) is 10.5. The number of anilines is 1. The van der Waals surface area contributed by atoms with E-state index in [0.29, 0.717) is 6.54 Å². The van der Waals surface area contributed by atoms with Crippen molar-refractivity contribution in [2.24, 2.45) is 0 Å². The van der Waals surface area contributed by atoms with E-state index in [1.165, 1.54) is 11.3 Å². The molecule has 2 nitrogen and oxygen atoms in total. The van der Waals surface area contributed by atoms with Crippen LogP contribution in [0.1, 0.15) is 15.9 Å². The lowest BCUT2D eigenvalue weighted by molar-refractivity contribution is 0.0999. The predicted octanol–water partition coefficient (Wildman–Crippen LogP) is 3.69. The standard InChI is InChI=1S/C16H14BrNO/c17-14-7-5-13(6-8-14)16(19)11-18-10-9-12-3-1-2-4-15(12)18/h1-8H,9-11H2. The molecule has 0 atom stereocenters. The van der Waals surface area contributed by atoms with Gasteiger partial charge in [-0.1, -0.05) is 46.3 Å². The van der Waals surface area contributed by atoms with Gasteiger partial charge in [0.15, 0.2) is 5.78 Å². The lowest BCUT2D eigenvalue weighted by Gasteiger charge is -2.18. The zero-order valence-corrected chi connectivity index (χ0v) is 12.1. The molecule has 0 aromatic heterocycles. The number of hydrogen-bond acceptors (Lipinski definition) is 2. The molecule has 1 aliphatic rings. The van der Waals surface area contributed by atoms with Gasteiger partial charge in [-0.2, -0.15) is 0 Å². The third-order valence-electron chi connectivity index (χ3n) is 3.48.